The van der Waals surface area contributed by atoms with Gasteiger partial charge in [-0.15, -0.1) is 0 Å². The van der Waals surface area contributed by atoms with Crippen LogP contribution >= 0.6 is 0 Å². The van der Waals surface area contributed by atoms with Crippen molar-refractivity contribution in [3.8, 4) is 11.4 Å². The van der Waals surface area contributed by atoms with Gasteiger partial charge in [-0.25, -0.2) is 13.8 Å². The normalized spacial score (nSPS) is 11.0. The summed E-state index contributed by atoms with van der Waals surface area (Å²) in [6.07, 6.45) is 0. The third kappa shape index (κ3) is 2.06. The van der Waals surface area contributed by atoms with Crippen LogP contribution in [-0.2, 0) is 0 Å². The summed E-state index contributed by atoms with van der Waals surface area (Å²) in [4.78, 5) is 16.9. The van der Waals surface area contributed by atoms with E-state index in [-0.39, 0.29) is 33.8 Å². The van der Waals surface area contributed by atoms with Crippen LogP contribution in [-0.4, -0.2) is 14.9 Å². The Morgan fingerprint density at radius 1 is 1.24 bits per heavy atom. The summed E-state index contributed by atoms with van der Waals surface area (Å²) in [6, 6.07) is 6.13. The van der Waals surface area contributed by atoms with Gasteiger partial charge in [-0.1, -0.05) is 0 Å². The lowest BCUT2D eigenvalue weighted by Gasteiger charge is -2.01. The van der Waals surface area contributed by atoms with Gasteiger partial charge >= 0.3 is 0 Å². The zero-order chi connectivity index (χ0) is 15.1. The van der Waals surface area contributed by atoms with Gasteiger partial charge in [0.25, 0.3) is 5.69 Å². The molecule has 3 rings (SSSR count). The highest BCUT2D eigenvalue weighted by Gasteiger charge is 2.16. The van der Waals surface area contributed by atoms with Crippen molar-refractivity contribution in [3.63, 3.8) is 0 Å². The number of hydrogen-bond donors (Lipinski definition) is 2. The zero-order valence-electron chi connectivity index (χ0n) is 10.4. The fourth-order valence-corrected chi connectivity index (χ4v) is 2.01. The number of H-pyrrole nitrogens is 1. The van der Waals surface area contributed by atoms with E-state index in [0.717, 1.165) is 6.07 Å². The van der Waals surface area contributed by atoms with Crippen LogP contribution in [0.5, 0.6) is 0 Å². The van der Waals surface area contributed by atoms with E-state index in [0.29, 0.717) is 0 Å². The van der Waals surface area contributed by atoms with E-state index in [1.807, 2.05) is 0 Å². The Morgan fingerprint density at radius 2 is 2.00 bits per heavy atom. The molecule has 106 valence electrons. The SMILES string of the molecule is Nc1ccc([N+](=O)[O-])cc1-c1nc2c(F)c(F)ccc2[nH]1. The van der Waals surface area contributed by atoms with Crippen molar-refractivity contribution in [1.29, 1.82) is 0 Å². The van der Waals surface area contributed by atoms with Gasteiger partial charge in [0.1, 0.15) is 11.3 Å². The number of aromatic nitrogens is 2. The molecule has 8 heteroatoms. The van der Waals surface area contributed by atoms with Crippen LogP contribution in [0.4, 0.5) is 20.2 Å². The van der Waals surface area contributed by atoms with Crippen LogP contribution < -0.4 is 5.73 Å². The lowest BCUT2D eigenvalue weighted by Crippen LogP contribution is -1.94. The summed E-state index contributed by atoms with van der Waals surface area (Å²) >= 11 is 0. The number of rotatable bonds is 2. The summed E-state index contributed by atoms with van der Waals surface area (Å²) in [6.45, 7) is 0. The minimum absolute atomic E-state index is 0.135. The van der Waals surface area contributed by atoms with Crippen LogP contribution in [0.15, 0.2) is 30.3 Å². The number of aromatic amines is 1. The van der Waals surface area contributed by atoms with Gasteiger partial charge in [0.2, 0.25) is 0 Å². The molecule has 0 fully saturated rings. The Morgan fingerprint density at radius 3 is 2.71 bits per heavy atom. The Hall–Kier alpha value is -3.03. The van der Waals surface area contributed by atoms with Crippen LogP contribution in [0.25, 0.3) is 22.4 Å². The molecule has 0 amide bonds. The van der Waals surface area contributed by atoms with Gasteiger partial charge in [0.15, 0.2) is 11.6 Å². The Balaban J connectivity index is 2.23. The number of fused-ring (bicyclic) bond motifs is 1. The zero-order valence-corrected chi connectivity index (χ0v) is 10.4. The summed E-state index contributed by atoms with van der Waals surface area (Å²) in [5.41, 5.74) is 6.16. The number of benzene rings is 2. The third-order valence-electron chi connectivity index (χ3n) is 3.05. The third-order valence-corrected chi connectivity index (χ3v) is 3.05. The molecule has 0 radical (unpaired) electrons. The molecule has 0 aliphatic rings. The highest BCUT2D eigenvalue weighted by atomic mass is 19.2. The Labute approximate surface area is 116 Å². The van der Waals surface area contributed by atoms with Gasteiger partial charge in [-0.2, -0.15) is 0 Å². The first-order valence-corrected chi connectivity index (χ1v) is 5.85. The average Bonchev–Trinajstić information content (AvgIpc) is 2.88. The van der Waals surface area contributed by atoms with Gasteiger partial charge in [-0.3, -0.25) is 10.1 Å². The Bertz CT molecular complexity index is 876. The predicted octanol–water partition coefficient (Wildman–Crippen LogP) is 3.00. The topological polar surface area (TPSA) is 97.8 Å². The first kappa shape index (κ1) is 13.0. The van der Waals surface area contributed by atoms with Crippen LogP contribution in [0.2, 0.25) is 0 Å². The van der Waals surface area contributed by atoms with Crippen LogP contribution in [0.3, 0.4) is 0 Å². The molecule has 3 N–H and O–H groups in total. The number of non-ortho nitro benzene ring substituents is 1. The molecule has 6 nitrogen and oxygen atoms in total. The molecular weight excluding hydrogens is 282 g/mol. The second kappa shape index (κ2) is 4.51. The minimum atomic E-state index is -1.08. The molecule has 0 spiro atoms. The van der Waals surface area contributed by atoms with Crippen molar-refractivity contribution >= 4 is 22.4 Å². The van der Waals surface area contributed by atoms with Crippen molar-refractivity contribution < 1.29 is 13.7 Å². The molecule has 0 aliphatic heterocycles. The molecule has 21 heavy (non-hydrogen) atoms. The quantitative estimate of drug-likeness (QED) is 0.430. The van der Waals surface area contributed by atoms with Gasteiger partial charge in [-0.05, 0) is 18.2 Å². The highest BCUT2D eigenvalue weighted by Crippen LogP contribution is 2.30. The second-order valence-electron chi connectivity index (χ2n) is 4.37. The van der Waals surface area contributed by atoms with Crippen LogP contribution in [0.1, 0.15) is 0 Å². The molecule has 3 aromatic rings. The number of nitrogens with two attached hydrogens (primary N) is 1. The van der Waals surface area contributed by atoms with Crippen LogP contribution in [0, 0.1) is 21.7 Å². The fraction of sp³-hybridized carbons (Fsp3) is 0. The fourth-order valence-electron chi connectivity index (χ4n) is 2.01. The molecule has 0 saturated heterocycles. The van der Waals surface area contributed by atoms with E-state index in [2.05, 4.69) is 9.97 Å². The first-order valence-electron chi connectivity index (χ1n) is 5.85. The molecule has 0 bridgehead atoms. The van der Waals surface area contributed by atoms with Gasteiger partial charge in [0.05, 0.1) is 10.4 Å². The average molecular weight is 290 g/mol. The Kier molecular flexibility index (Phi) is 2.79. The summed E-state index contributed by atoms with van der Waals surface area (Å²) in [5.74, 6) is -1.97. The summed E-state index contributed by atoms with van der Waals surface area (Å²) in [7, 11) is 0. The van der Waals surface area contributed by atoms with Crippen molar-refractivity contribution in [2.24, 2.45) is 0 Å². The maximum atomic E-state index is 13.6. The number of halogens is 2. The number of nitrogens with zero attached hydrogens (tertiary/aromatic N) is 2. The summed E-state index contributed by atoms with van der Waals surface area (Å²) < 4.78 is 26.8. The maximum Gasteiger partial charge on any atom is 0.270 e. The molecule has 1 aromatic heterocycles. The maximum absolute atomic E-state index is 13.6. The van der Waals surface area contributed by atoms with E-state index in [1.54, 1.807) is 0 Å². The standard InChI is InChI=1S/C13H8F2N4O2/c14-8-2-4-10-12(11(8)15)18-13(17-10)7-5-6(19(20)21)1-3-9(7)16/h1-5H,16H2,(H,17,18). The van der Waals surface area contributed by atoms with E-state index < -0.39 is 16.6 Å². The number of anilines is 1. The number of nitrogens with one attached hydrogen (secondary N) is 1. The lowest BCUT2D eigenvalue weighted by atomic mass is 10.1. The second-order valence-corrected chi connectivity index (χ2v) is 4.37. The molecular formula is C13H8F2N4O2. The number of nitrogen functional groups attached to an aromatic ring is 1. The number of imidazole rings is 1. The molecule has 0 atom stereocenters. The molecule has 0 unspecified atom stereocenters. The van der Waals surface area contributed by atoms with E-state index >= 15 is 0 Å². The monoisotopic (exact) mass is 290 g/mol. The largest absolute Gasteiger partial charge is 0.398 e. The lowest BCUT2D eigenvalue weighted by molar-refractivity contribution is -0.384. The van der Waals surface area contributed by atoms with Gasteiger partial charge in [0, 0.05) is 23.4 Å². The molecule has 1 heterocycles. The summed E-state index contributed by atoms with van der Waals surface area (Å²) in [5, 5.41) is 10.8. The first-order chi connectivity index (χ1) is 9.97. The predicted molar refractivity (Wildman–Crippen MR) is 72.5 cm³/mol. The smallest absolute Gasteiger partial charge is 0.270 e. The van der Waals surface area contributed by atoms with Crippen molar-refractivity contribution in [2.45, 2.75) is 0 Å². The highest BCUT2D eigenvalue weighted by molar-refractivity contribution is 5.83. The number of hydrogen-bond acceptors (Lipinski definition) is 4. The van der Waals surface area contributed by atoms with E-state index in [9.17, 15) is 18.9 Å². The van der Waals surface area contributed by atoms with Crippen molar-refractivity contribution in [1.82, 2.24) is 9.97 Å². The van der Waals surface area contributed by atoms with E-state index in [1.165, 1.54) is 24.3 Å². The van der Waals surface area contributed by atoms with E-state index in [4.69, 9.17) is 5.73 Å². The molecule has 0 aliphatic carbocycles. The number of nitro groups is 1. The van der Waals surface area contributed by atoms with Crippen molar-refractivity contribution in [3.05, 3.63) is 52.1 Å². The minimum Gasteiger partial charge on any atom is -0.398 e. The molecule has 0 saturated carbocycles. The molecule has 2 aromatic carbocycles. The van der Waals surface area contributed by atoms with Crippen molar-refractivity contribution in [2.75, 3.05) is 5.73 Å². The van der Waals surface area contributed by atoms with Gasteiger partial charge < -0.3 is 10.7 Å². The number of nitro benzene ring substituents is 1.